The van der Waals surface area contributed by atoms with Crippen molar-refractivity contribution in [1.29, 1.82) is 0 Å². The molecule has 0 unspecified atom stereocenters. The van der Waals surface area contributed by atoms with Gasteiger partial charge in [-0.05, 0) is 71.5 Å². The first-order valence-electron chi connectivity index (χ1n) is 10.9. The highest BCUT2D eigenvalue weighted by molar-refractivity contribution is 5.21. The molecule has 4 nitrogen and oxygen atoms in total. The summed E-state index contributed by atoms with van der Waals surface area (Å²) in [5.41, 5.74) is 0.940. The summed E-state index contributed by atoms with van der Waals surface area (Å²) >= 11 is 0. The molecule has 0 aliphatic heterocycles. The molecule has 3 N–H and O–H groups in total. The van der Waals surface area contributed by atoms with Crippen LogP contribution in [0, 0.1) is 17.8 Å². The molecule has 0 bridgehead atoms. The number of hydrogen-bond acceptors (Lipinski definition) is 4. The van der Waals surface area contributed by atoms with Crippen molar-refractivity contribution in [2.45, 2.75) is 70.5 Å². The number of fused-ring (bicyclic) bond motifs is 1. The number of likely N-dealkylation sites (N-methyl/N-ethyl adjacent to an activating group) is 1. The summed E-state index contributed by atoms with van der Waals surface area (Å²) in [6.45, 7) is 7.24. The Morgan fingerprint density at radius 1 is 1.33 bits per heavy atom. The van der Waals surface area contributed by atoms with Crippen LogP contribution < -0.4 is 5.32 Å². The zero-order valence-corrected chi connectivity index (χ0v) is 18.0. The first kappa shape index (κ1) is 22.6. The van der Waals surface area contributed by atoms with Crippen molar-refractivity contribution in [2.75, 3.05) is 33.7 Å². The quantitative estimate of drug-likeness (QED) is 0.360. The average molecular weight is 379 g/mol. The molecule has 0 aromatic carbocycles. The zero-order chi connectivity index (χ0) is 19.9. The van der Waals surface area contributed by atoms with E-state index in [1.54, 1.807) is 5.57 Å². The van der Waals surface area contributed by atoms with Crippen LogP contribution in [0.2, 0.25) is 0 Å². The maximum absolute atomic E-state index is 10.5. The number of hydrogen-bond donors (Lipinski definition) is 3. The lowest BCUT2D eigenvalue weighted by molar-refractivity contribution is 0.0513. The van der Waals surface area contributed by atoms with E-state index in [0.29, 0.717) is 18.3 Å². The van der Waals surface area contributed by atoms with Gasteiger partial charge in [-0.15, -0.1) is 0 Å². The topological polar surface area (TPSA) is 55.7 Å². The van der Waals surface area contributed by atoms with Gasteiger partial charge in [0, 0.05) is 19.0 Å². The summed E-state index contributed by atoms with van der Waals surface area (Å²) in [4.78, 5) is 2.20. The van der Waals surface area contributed by atoms with Crippen LogP contribution in [0.5, 0.6) is 0 Å². The van der Waals surface area contributed by atoms with Crippen molar-refractivity contribution in [3.63, 3.8) is 0 Å². The number of aliphatic hydroxyl groups excluding tert-OH is 1. The molecule has 156 valence electrons. The fourth-order valence-electron chi connectivity index (χ4n) is 4.61. The largest absolute Gasteiger partial charge is 0.392 e. The predicted molar refractivity (Wildman–Crippen MR) is 114 cm³/mol. The van der Waals surface area contributed by atoms with Gasteiger partial charge in [0.2, 0.25) is 0 Å². The predicted octanol–water partition coefficient (Wildman–Crippen LogP) is 3.36. The molecule has 4 heteroatoms. The Balaban J connectivity index is 1.77. The monoisotopic (exact) mass is 378 g/mol. The molecule has 2 aliphatic carbocycles. The summed E-state index contributed by atoms with van der Waals surface area (Å²) in [7, 11) is 4.20. The van der Waals surface area contributed by atoms with Gasteiger partial charge in [-0.1, -0.05) is 43.6 Å². The highest BCUT2D eigenvalue weighted by Gasteiger charge is 2.43. The summed E-state index contributed by atoms with van der Waals surface area (Å²) in [5.74, 6) is 1.33. The Hall–Kier alpha value is -0.680. The number of aliphatic hydroxyl groups is 2. The van der Waals surface area contributed by atoms with Crippen molar-refractivity contribution in [2.24, 2.45) is 17.8 Å². The van der Waals surface area contributed by atoms with Crippen LogP contribution >= 0.6 is 0 Å². The molecule has 1 fully saturated rings. The lowest BCUT2D eigenvalue weighted by Crippen LogP contribution is -2.27. The molecule has 0 aromatic rings. The molecule has 27 heavy (non-hydrogen) atoms. The Morgan fingerprint density at radius 2 is 2.11 bits per heavy atom. The van der Waals surface area contributed by atoms with E-state index >= 15 is 0 Å². The van der Waals surface area contributed by atoms with Gasteiger partial charge in [0.05, 0.1) is 11.7 Å². The summed E-state index contributed by atoms with van der Waals surface area (Å²) < 4.78 is 0. The molecule has 0 spiro atoms. The Labute approximate surface area is 166 Å². The lowest BCUT2D eigenvalue weighted by Gasteiger charge is -2.22. The highest BCUT2D eigenvalue weighted by Crippen LogP contribution is 2.47. The van der Waals surface area contributed by atoms with E-state index in [2.05, 4.69) is 49.5 Å². The molecule has 2 rings (SSSR count). The van der Waals surface area contributed by atoms with E-state index in [4.69, 9.17) is 0 Å². The van der Waals surface area contributed by atoms with Gasteiger partial charge in [-0.2, -0.15) is 0 Å². The van der Waals surface area contributed by atoms with E-state index < -0.39 is 5.60 Å². The van der Waals surface area contributed by atoms with E-state index in [-0.39, 0.29) is 12.0 Å². The second-order valence-electron chi connectivity index (χ2n) is 9.27. The van der Waals surface area contributed by atoms with Crippen molar-refractivity contribution in [1.82, 2.24) is 10.2 Å². The van der Waals surface area contributed by atoms with Gasteiger partial charge >= 0.3 is 0 Å². The van der Waals surface area contributed by atoms with Crippen LogP contribution in [0.15, 0.2) is 23.8 Å². The fourth-order valence-corrected chi connectivity index (χ4v) is 4.61. The Kier molecular flexibility index (Phi) is 9.00. The average Bonchev–Trinajstić information content (AvgIpc) is 3.10. The molecule has 0 radical (unpaired) electrons. The Morgan fingerprint density at radius 3 is 2.81 bits per heavy atom. The maximum atomic E-state index is 10.5. The molecule has 1 saturated carbocycles. The summed E-state index contributed by atoms with van der Waals surface area (Å²) in [6, 6.07) is 0. The molecule has 2 aliphatic rings. The van der Waals surface area contributed by atoms with E-state index in [9.17, 15) is 10.2 Å². The molecule has 0 heterocycles. The van der Waals surface area contributed by atoms with Gasteiger partial charge < -0.3 is 20.4 Å². The van der Waals surface area contributed by atoms with E-state index in [1.807, 2.05) is 6.92 Å². The third-order valence-corrected chi connectivity index (χ3v) is 6.29. The number of rotatable bonds is 12. The number of allylic oxidation sites excluding steroid dienone is 1. The van der Waals surface area contributed by atoms with Crippen LogP contribution in [0.4, 0.5) is 0 Å². The molecule has 0 saturated heterocycles. The molecular weight excluding hydrogens is 336 g/mol. The second kappa shape index (κ2) is 10.8. The van der Waals surface area contributed by atoms with Crippen LogP contribution in [0.25, 0.3) is 0 Å². The normalized spacial score (nSPS) is 30.1. The minimum atomic E-state index is -0.618. The standard InChI is InChI=1S/C23H42N2O2/c1-5-6-10-23(2,27)11-7-8-20-21-16-18(15-19(21)17-22(20)26)9-12-24-13-14-25(3)4/h7-8,15,19-22,24,26-27H,5-6,9-14,16-17H2,1-4H3/b8-7+/t19-,20+,21-,22+,23-/m0/s1. The van der Waals surface area contributed by atoms with E-state index in [0.717, 1.165) is 58.2 Å². The summed E-state index contributed by atoms with van der Waals surface area (Å²) in [6.07, 6.45) is 13.4. The summed E-state index contributed by atoms with van der Waals surface area (Å²) in [5, 5.41) is 24.5. The van der Waals surface area contributed by atoms with Crippen LogP contribution in [0.3, 0.4) is 0 Å². The van der Waals surface area contributed by atoms with Gasteiger partial charge in [-0.3, -0.25) is 0 Å². The fraction of sp³-hybridized carbons (Fsp3) is 0.826. The van der Waals surface area contributed by atoms with Gasteiger partial charge in [0.15, 0.2) is 0 Å². The molecule has 0 aromatic heterocycles. The van der Waals surface area contributed by atoms with E-state index in [1.165, 1.54) is 0 Å². The third kappa shape index (κ3) is 7.34. The SMILES string of the molecule is CCCC[C@](C)(O)C/C=C/[C@@H]1[C@H]2CC(CCNCCN(C)C)=C[C@H]2C[C@H]1O. The number of nitrogens with one attached hydrogen (secondary N) is 1. The van der Waals surface area contributed by atoms with Gasteiger partial charge in [0.1, 0.15) is 0 Å². The van der Waals surface area contributed by atoms with Crippen molar-refractivity contribution in [3.05, 3.63) is 23.8 Å². The first-order valence-corrected chi connectivity index (χ1v) is 10.9. The van der Waals surface area contributed by atoms with Crippen molar-refractivity contribution < 1.29 is 10.2 Å². The Bertz CT molecular complexity index is 499. The molecular formula is C23H42N2O2. The first-order chi connectivity index (χ1) is 12.8. The second-order valence-corrected chi connectivity index (χ2v) is 9.27. The van der Waals surface area contributed by atoms with Crippen LogP contribution in [0.1, 0.15) is 58.8 Å². The smallest absolute Gasteiger partial charge is 0.0654 e. The molecule has 0 amide bonds. The highest BCUT2D eigenvalue weighted by atomic mass is 16.3. The number of nitrogens with zero attached hydrogens (tertiary/aromatic N) is 1. The van der Waals surface area contributed by atoms with Crippen LogP contribution in [-0.4, -0.2) is 60.5 Å². The third-order valence-electron chi connectivity index (χ3n) is 6.29. The van der Waals surface area contributed by atoms with Crippen LogP contribution in [-0.2, 0) is 0 Å². The van der Waals surface area contributed by atoms with Crippen molar-refractivity contribution in [3.8, 4) is 0 Å². The minimum Gasteiger partial charge on any atom is -0.392 e. The van der Waals surface area contributed by atoms with Crippen molar-refractivity contribution >= 4 is 0 Å². The molecule has 5 atom stereocenters. The minimum absolute atomic E-state index is 0.229. The lowest BCUT2D eigenvalue weighted by atomic mass is 9.88. The zero-order valence-electron chi connectivity index (χ0n) is 18.0. The maximum Gasteiger partial charge on any atom is 0.0654 e. The van der Waals surface area contributed by atoms with Gasteiger partial charge in [0.25, 0.3) is 0 Å². The van der Waals surface area contributed by atoms with Gasteiger partial charge in [-0.25, -0.2) is 0 Å². The number of unbranched alkanes of at least 4 members (excludes halogenated alkanes) is 1.